The highest BCUT2D eigenvalue weighted by Crippen LogP contribution is 2.30. The SMILES string of the molecule is COc1cc(-c2noc(CCN)n2)ccc1O. The average molecular weight is 235 g/mol. The molecule has 0 aliphatic heterocycles. The highest BCUT2D eigenvalue weighted by molar-refractivity contribution is 5.60. The molecule has 17 heavy (non-hydrogen) atoms. The van der Waals surface area contributed by atoms with Crippen LogP contribution in [0.5, 0.6) is 11.5 Å². The molecule has 0 saturated carbocycles. The molecule has 0 atom stereocenters. The Morgan fingerprint density at radius 3 is 3.00 bits per heavy atom. The van der Waals surface area contributed by atoms with E-state index in [1.54, 1.807) is 12.1 Å². The zero-order chi connectivity index (χ0) is 12.3. The van der Waals surface area contributed by atoms with Gasteiger partial charge < -0.3 is 20.1 Å². The minimum Gasteiger partial charge on any atom is -0.504 e. The van der Waals surface area contributed by atoms with Gasteiger partial charge in [0.15, 0.2) is 11.5 Å². The Hall–Kier alpha value is -2.08. The normalized spacial score (nSPS) is 10.5. The van der Waals surface area contributed by atoms with Crippen LogP contribution in [0.1, 0.15) is 5.89 Å². The molecule has 1 aromatic carbocycles. The third kappa shape index (κ3) is 2.36. The van der Waals surface area contributed by atoms with Gasteiger partial charge in [-0.05, 0) is 18.2 Å². The molecule has 3 N–H and O–H groups in total. The number of aromatic hydroxyl groups is 1. The summed E-state index contributed by atoms with van der Waals surface area (Å²) < 4.78 is 10.0. The van der Waals surface area contributed by atoms with Crippen LogP contribution in [0.25, 0.3) is 11.4 Å². The van der Waals surface area contributed by atoms with Crippen LogP contribution >= 0.6 is 0 Å². The average Bonchev–Trinajstić information content (AvgIpc) is 2.79. The van der Waals surface area contributed by atoms with Crippen molar-refractivity contribution in [3.63, 3.8) is 0 Å². The summed E-state index contributed by atoms with van der Waals surface area (Å²) in [5.74, 6) is 1.39. The van der Waals surface area contributed by atoms with Gasteiger partial charge in [-0.2, -0.15) is 4.98 Å². The quantitative estimate of drug-likeness (QED) is 0.819. The summed E-state index contributed by atoms with van der Waals surface area (Å²) in [6.45, 7) is 0.459. The maximum atomic E-state index is 9.47. The number of nitrogens with two attached hydrogens (primary N) is 1. The molecule has 0 aliphatic carbocycles. The number of benzene rings is 1. The molecule has 6 nitrogen and oxygen atoms in total. The lowest BCUT2D eigenvalue weighted by atomic mass is 10.2. The van der Waals surface area contributed by atoms with Gasteiger partial charge in [-0.3, -0.25) is 0 Å². The number of aromatic nitrogens is 2. The van der Waals surface area contributed by atoms with Gasteiger partial charge in [0, 0.05) is 18.5 Å². The fraction of sp³-hybridized carbons (Fsp3) is 0.273. The Labute approximate surface area is 98.0 Å². The first-order valence-electron chi connectivity index (χ1n) is 5.14. The number of methoxy groups -OCH3 is 1. The molecule has 0 fully saturated rings. The van der Waals surface area contributed by atoms with Crippen molar-refractivity contribution in [1.82, 2.24) is 10.1 Å². The fourth-order valence-electron chi connectivity index (χ4n) is 1.41. The first-order chi connectivity index (χ1) is 8.24. The molecule has 0 amide bonds. The zero-order valence-corrected chi connectivity index (χ0v) is 9.38. The van der Waals surface area contributed by atoms with Crippen molar-refractivity contribution in [2.75, 3.05) is 13.7 Å². The second kappa shape index (κ2) is 4.84. The Balaban J connectivity index is 2.32. The van der Waals surface area contributed by atoms with E-state index < -0.39 is 0 Å². The molecule has 0 aliphatic rings. The fourth-order valence-corrected chi connectivity index (χ4v) is 1.41. The van der Waals surface area contributed by atoms with E-state index in [1.165, 1.54) is 13.2 Å². The van der Waals surface area contributed by atoms with Crippen LogP contribution in [0.2, 0.25) is 0 Å². The Morgan fingerprint density at radius 2 is 2.29 bits per heavy atom. The summed E-state index contributed by atoms with van der Waals surface area (Å²) in [6.07, 6.45) is 0.544. The van der Waals surface area contributed by atoms with E-state index in [1.807, 2.05) is 0 Å². The van der Waals surface area contributed by atoms with Crippen molar-refractivity contribution in [3.05, 3.63) is 24.1 Å². The van der Waals surface area contributed by atoms with Crippen molar-refractivity contribution in [3.8, 4) is 22.9 Å². The van der Waals surface area contributed by atoms with E-state index in [0.717, 1.165) is 0 Å². The number of nitrogens with zero attached hydrogens (tertiary/aromatic N) is 2. The largest absolute Gasteiger partial charge is 0.504 e. The molecule has 1 aromatic heterocycles. The molecule has 0 radical (unpaired) electrons. The lowest BCUT2D eigenvalue weighted by molar-refractivity contribution is 0.373. The highest BCUT2D eigenvalue weighted by atomic mass is 16.5. The van der Waals surface area contributed by atoms with E-state index in [4.69, 9.17) is 15.0 Å². The number of phenols is 1. The lowest BCUT2D eigenvalue weighted by Gasteiger charge is -2.03. The number of rotatable bonds is 4. The Bertz CT molecular complexity index is 510. The van der Waals surface area contributed by atoms with E-state index in [2.05, 4.69) is 10.1 Å². The smallest absolute Gasteiger partial charge is 0.228 e. The first kappa shape index (κ1) is 11.4. The van der Waals surface area contributed by atoms with Crippen LogP contribution in [-0.4, -0.2) is 28.9 Å². The number of hydrogen-bond acceptors (Lipinski definition) is 6. The number of hydrogen-bond donors (Lipinski definition) is 2. The van der Waals surface area contributed by atoms with E-state index in [-0.39, 0.29) is 5.75 Å². The topological polar surface area (TPSA) is 94.4 Å². The van der Waals surface area contributed by atoms with Crippen LogP contribution in [0.3, 0.4) is 0 Å². The van der Waals surface area contributed by atoms with Gasteiger partial charge >= 0.3 is 0 Å². The van der Waals surface area contributed by atoms with E-state index in [0.29, 0.717) is 36.0 Å². The van der Waals surface area contributed by atoms with Gasteiger partial charge in [-0.15, -0.1) is 0 Å². The van der Waals surface area contributed by atoms with Gasteiger partial charge in [0.1, 0.15) is 0 Å². The molecule has 2 rings (SSSR count). The van der Waals surface area contributed by atoms with Crippen LogP contribution in [0.4, 0.5) is 0 Å². The van der Waals surface area contributed by atoms with Crippen molar-refractivity contribution in [2.24, 2.45) is 5.73 Å². The monoisotopic (exact) mass is 235 g/mol. The van der Waals surface area contributed by atoms with Gasteiger partial charge in [-0.1, -0.05) is 5.16 Å². The number of ether oxygens (including phenoxy) is 1. The second-order valence-corrected chi connectivity index (χ2v) is 3.44. The van der Waals surface area contributed by atoms with Gasteiger partial charge in [-0.25, -0.2) is 0 Å². The predicted octanol–water partition coefficient (Wildman–Crippen LogP) is 0.952. The number of phenolic OH excluding ortho intramolecular Hbond substituents is 1. The third-order valence-electron chi connectivity index (χ3n) is 2.26. The Morgan fingerprint density at radius 1 is 1.47 bits per heavy atom. The minimum absolute atomic E-state index is 0.0712. The molecule has 0 bridgehead atoms. The van der Waals surface area contributed by atoms with Crippen molar-refractivity contribution in [1.29, 1.82) is 0 Å². The molecular weight excluding hydrogens is 222 g/mol. The second-order valence-electron chi connectivity index (χ2n) is 3.44. The Kier molecular flexibility index (Phi) is 3.24. The predicted molar refractivity (Wildman–Crippen MR) is 60.7 cm³/mol. The summed E-state index contributed by atoms with van der Waals surface area (Å²) in [5, 5.41) is 13.3. The molecule has 6 heteroatoms. The maximum Gasteiger partial charge on any atom is 0.228 e. The minimum atomic E-state index is 0.0712. The molecule has 0 saturated heterocycles. The van der Waals surface area contributed by atoms with Crippen LogP contribution in [0, 0.1) is 0 Å². The summed E-state index contributed by atoms with van der Waals surface area (Å²) in [6, 6.07) is 4.86. The highest BCUT2D eigenvalue weighted by Gasteiger charge is 2.10. The van der Waals surface area contributed by atoms with Gasteiger partial charge in [0.05, 0.1) is 7.11 Å². The zero-order valence-electron chi connectivity index (χ0n) is 9.38. The summed E-state index contributed by atoms with van der Waals surface area (Å²) in [7, 11) is 1.48. The van der Waals surface area contributed by atoms with Crippen molar-refractivity contribution >= 4 is 0 Å². The molecule has 2 aromatic rings. The standard InChI is InChI=1S/C11H13N3O3/c1-16-9-6-7(2-3-8(9)15)11-13-10(4-5-12)17-14-11/h2-3,6,15H,4-5,12H2,1H3. The third-order valence-corrected chi connectivity index (χ3v) is 2.26. The summed E-state index contributed by atoms with van der Waals surface area (Å²) >= 11 is 0. The van der Waals surface area contributed by atoms with Crippen molar-refractivity contribution < 1.29 is 14.4 Å². The molecule has 0 spiro atoms. The molecule has 1 heterocycles. The van der Waals surface area contributed by atoms with Crippen LogP contribution in [0.15, 0.2) is 22.7 Å². The van der Waals surface area contributed by atoms with Gasteiger partial charge in [0.25, 0.3) is 0 Å². The summed E-state index contributed by atoms with van der Waals surface area (Å²) in [4.78, 5) is 4.18. The summed E-state index contributed by atoms with van der Waals surface area (Å²) in [5.41, 5.74) is 6.11. The first-order valence-corrected chi connectivity index (χ1v) is 5.14. The van der Waals surface area contributed by atoms with E-state index in [9.17, 15) is 5.11 Å². The van der Waals surface area contributed by atoms with E-state index >= 15 is 0 Å². The molecule has 90 valence electrons. The maximum absolute atomic E-state index is 9.47. The lowest BCUT2D eigenvalue weighted by Crippen LogP contribution is -2.02. The van der Waals surface area contributed by atoms with Crippen LogP contribution in [-0.2, 0) is 6.42 Å². The molecule has 0 unspecified atom stereocenters. The van der Waals surface area contributed by atoms with Crippen LogP contribution < -0.4 is 10.5 Å². The van der Waals surface area contributed by atoms with Gasteiger partial charge in [0.2, 0.25) is 11.7 Å². The molecular formula is C11H13N3O3. The van der Waals surface area contributed by atoms with Crippen molar-refractivity contribution in [2.45, 2.75) is 6.42 Å².